The lowest BCUT2D eigenvalue weighted by atomic mass is 10.2. The summed E-state index contributed by atoms with van der Waals surface area (Å²) in [5, 5.41) is 0. The average molecular weight is 254 g/mol. The van der Waals surface area contributed by atoms with Crippen molar-refractivity contribution >= 4 is 0 Å². The molecule has 0 radical (unpaired) electrons. The fourth-order valence-corrected chi connectivity index (χ4v) is 1.53. The van der Waals surface area contributed by atoms with Crippen LogP contribution >= 0.6 is 0 Å². The Morgan fingerprint density at radius 3 is 1.79 bits per heavy atom. The molecular formula is C17H22N2. The highest BCUT2D eigenvalue weighted by atomic mass is 14.9. The minimum absolute atomic E-state index is 0.738. The first-order valence-electron chi connectivity index (χ1n) is 7.09. The number of hydrogen-bond donors (Lipinski definition) is 0. The molecule has 0 saturated heterocycles. The topological polar surface area (TPSA) is 25.8 Å². The van der Waals surface area contributed by atoms with Crippen molar-refractivity contribution in [2.24, 2.45) is 0 Å². The molecule has 0 spiro atoms. The fraction of sp³-hybridized carbons (Fsp3) is 0.529. The van der Waals surface area contributed by atoms with Crippen molar-refractivity contribution in [2.45, 2.75) is 59.3 Å². The minimum Gasteiger partial charge on any atom is -0.225 e. The van der Waals surface area contributed by atoms with Gasteiger partial charge in [-0.15, -0.1) is 0 Å². The van der Waals surface area contributed by atoms with Gasteiger partial charge in [-0.3, -0.25) is 0 Å². The molecule has 1 aromatic rings. The van der Waals surface area contributed by atoms with Gasteiger partial charge in [0.2, 0.25) is 0 Å². The zero-order valence-electron chi connectivity index (χ0n) is 12.2. The Labute approximate surface area is 117 Å². The van der Waals surface area contributed by atoms with Crippen molar-refractivity contribution < 1.29 is 0 Å². The van der Waals surface area contributed by atoms with E-state index in [1.54, 1.807) is 0 Å². The molecule has 0 aliphatic rings. The van der Waals surface area contributed by atoms with E-state index in [1.165, 1.54) is 12.8 Å². The third-order valence-electron chi connectivity index (χ3n) is 2.58. The number of unbranched alkanes of at least 4 members (excludes halogenated alkanes) is 4. The van der Waals surface area contributed by atoms with Crippen LogP contribution in [-0.4, -0.2) is 9.97 Å². The maximum atomic E-state index is 4.32. The highest BCUT2D eigenvalue weighted by Crippen LogP contribution is 2.00. The van der Waals surface area contributed by atoms with Gasteiger partial charge in [0.25, 0.3) is 0 Å². The third-order valence-corrected chi connectivity index (χ3v) is 2.58. The zero-order valence-corrected chi connectivity index (χ0v) is 12.2. The van der Waals surface area contributed by atoms with Crippen LogP contribution in [0.3, 0.4) is 0 Å². The molecule has 0 fully saturated rings. The summed E-state index contributed by atoms with van der Waals surface area (Å²) in [5.74, 6) is 13.2. The van der Waals surface area contributed by atoms with Gasteiger partial charge in [-0.25, -0.2) is 9.97 Å². The normalized spacial score (nSPS) is 9.21. The quantitative estimate of drug-likeness (QED) is 0.602. The lowest BCUT2D eigenvalue weighted by Crippen LogP contribution is -1.94. The Hall–Kier alpha value is -1.80. The number of nitrogens with zero attached hydrogens (tertiary/aromatic N) is 2. The van der Waals surface area contributed by atoms with E-state index in [-0.39, 0.29) is 0 Å². The largest absolute Gasteiger partial charge is 0.225 e. The third kappa shape index (κ3) is 6.63. The van der Waals surface area contributed by atoms with Gasteiger partial charge in [0.1, 0.15) is 17.2 Å². The Balaban J connectivity index is 2.74. The SMILES string of the molecule is CCCCC#Cc1cc(C#CCCCC)nc(C)n1. The van der Waals surface area contributed by atoms with E-state index in [2.05, 4.69) is 47.5 Å². The van der Waals surface area contributed by atoms with Gasteiger partial charge in [-0.2, -0.15) is 0 Å². The second kappa shape index (κ2) is 9.17. The molecule has 0 aliphatic carbocycles. The number of rotatable bonds is 4. The summed E-state index contributed by atoms with van der Waals surface area (Å²) in [6.45, 7) is 6.22. The molecular weight excluding hydrogens is 232 g/mol. The van der Waals surface area contributed by atoms with Crippen molar-refractivity contribution in [3.63, 3.8) is 0 Å². The first kappa shape index (κ1) is 15.3. The molecule has 2 heteroatoms. The van der Waals surface area contributed by atoms with Crippen molar-refractivity contribution in [3.05, 3.63) is 23.3 Å². The molecule has 0 saturated carbocycles. The van der Waals surface area contributed by atoms with Crippen molar-refractivity contribution in [2.75, 3.05) is 0 Å². The van der Waals surface area contributed by atoms with Crippen molar-refractivity contribution in [1.82, 2.24) is 9.97 Å². The van der Waals surface area contributed by atoms with Gasteiger partial charge in [0, 0.05) is 18.9 Å². The molecule has 19 heavy (non-hydrogen) atoms. The van der Waals surface area contributed by atoms with Crippen LogP contribution in [0.2, 0.25) is 0 Å². The summed E-state index contributed by atoms with van der Waals surface area (Å²) in [4.78, 5) is 8.65. The lowest BCUT2D eigenvalue weighted by molar-refractivity contribution is 0.827. The van der Waals surface area contributed by atoms with E-state index >= 15 is 0 Å². The molecule has 1 heterocycles. The summed E-state index contributed by atoms with van der Waals surface area (Å²) >= 11 is 0. The average Bonchev–Trinajstić information content (AvgIpc) is 2.39. The molecule has 0 amide bonds. The number of hydrogen-bond acceptors (Lipinski definition) is 2. The molecule has 0 bridgehead atoms. The summed E-state index contributed by atoms with van der Waals surface area (Å²) < 4.78 is 0. The van der Waals surface area contributed by atoms with Crippen LogP contribution in [0.1, 0.15) is 69.6 Å². The highest BCUT2D eigenvalue weighted by molar-refractivity contribution is 5.36. The predicted molar refractivity (Wildman–Crippen MR) is 79.6 cm³/mol. The van der Waals surface area contributed by atoms with E-state index in [0.717, 1.165) is 42.9 Å². The number of aromatic nitrogens is 2. The van der Waals surface area contributed by atoms with Crippen LogP contribution in [-0.2, 0) is 0 Å². The van der Waals surface area contributed by atoms with Gasteiger partial charge >= 0.3 is 0 Å². The molecule has 0 atom stereocenters. The molecule has 0 N–H and O–H groups in total. The standard InChI is InChI=1S/C17H22N2/c1-4-6-8-10-12-16-14-17(19-15(3)18-16)13-11-9-7-5-2/h14H,4-9H2,1-3H3. The van der Waals surface area contributed by atoms with Gasteiger partial charge in [-0.1, -0.05) is 38.5 Å². The molecule has 0 aliphatic heterocycles. The minimum atomic E-state index is 0.738. The second-order valence-electron chi connectivity index (χ2n) is 4.50. The lowest BCUT2D eigenvalue weighted by Gasteiger charge is -1.95. The fourth-order valence-electron chi connectivity index (χ4n) is 1.53. The molecule has 1 aromatic heterocycles. The second-order valence-corrected chi connectivity index (χ2v) is 4.50. The molecule has 1 rings (SSSR count). The van der Waals surface area contributed by atoms with Gasteiger partial charge < -0.3 is 0 Å². The first-order valence-corrected chi connectivity index (χ1v) is 7.09. The molecule has 100 valence electrons. The van der Waals surface area contributed by atoms with Crippen LogP contribution in [0.5, 0.6) is 0 Å². The molecule has 2 nitrogen and oxygen atoms in total. The Bertz CT molecular complexity index is 465. The van der Waals surface area contributed by atoms with Crippen LogP contribution in [0.15, 0.2) is 6.07 Å². The van der Waals surface area contributed by atoms with Crippen molar-refractivity contribution in [1.29, 1.82) is 0 Å². The molecule has 0 unspecified atom stereocenters. The Morgan fingerprint density at radius 1 is 0.895 bits per heavy atom. The molecule has 0 aromatic carbocycles. The maximum absolute atomic E-state index is 4.32. The zero-order chi connectivity index (χ0) is 13.9. The van der Waals surface area contributed by atoms with Gasteiger partial charge in [0.15, 0.2) is 0 Å². The summed E-state index contributed by atoms with van der Waals surface area (Å²) in [5.41, 5.74) is 1.56. The summed E-state index contributed by atoms with van der Waals surface area (Å²) in [7, 11) is 0. The van der Waals surface area contributed by atoms with Crippen LogP contribution in [0, 0.1) is 30.6 Å². The van der Waals surface area contributed by atoms with Crippen LogP contribution < -0.4 is 0 Å². The van der Waals surface area contributed by atoms with Crippen LogP contribution in [0.25, 0.3) is 0 Å². The van der Waals surface area contributed by atoms with E-state index in [0.29, 0.717) is 0 Å². The number of aryl methyl sites for hydroxylation is 1. The summed E-state index contributed by atoms with van der Waals surface area (Å²) in [6.07, 6.45) is 6.48. The Kier molecular flexibility index (Phi) is 7.37. The van der Waals surface area contributed by atoms with E-state index < -0.39 is 0 Å². The highest BCUT2D eigenvalue weighted by Gasteiger charge is 1.96. The van der Waals surface area contributed by atoms with Gasteiger partial charge in [-0.05, 0) is 31.6 Å². The van der Waals surface area contributed by atoms with E-state index in [1.807, 2.05) is 13.0 Å². The smallest absolute Gasteiger partial charge is 0.128 e. The van der Waals surface area contributed by atoms with E-state index in [9.17, 15) is 0 Å². The van der Waals surface area contributed by atoms with Gasteiger partial charge in [0.05, 0.1) is 0 Å². The Morgan fingerprint density at radius 2 is 1.37 bits per heavy atom. The van der Waals surface area contributed by atoms with E-state index in [4.69, 9.17) is 0 Å². The maximum Gasteiger partial charge on any atom is 0.128 e. The predicted octanol–water partition coefficient (Wildman–Crippen LogP) is 3.87. The first-order chi connectivity index (χ1) is 9.26. The van der Waals surface area contributed by atoms with Crippen LogP contribution in [0.4, 0.5) is 0 Å². The summed E-state index contributed by atoms with van der Waals surface area (Å²) in [6, 6.07) is 1.88. The van der Waals surface area contributed by atoms with Crippen molar-refractivity contribution in [3.8, 4) is 23.7 Å². The monoisotopic (exact) mass is 254 g/mol.